The topological polar surface area (TPSA) is 64.8 Å². The number of hydrogen-bond acceptors (Lipinski definition) is 4. The summed E-state index contributed by atoms with van der Waals surface area (Å²) in [6.45, 7) is 1.98. The van der Waals surface area contributed by atoms with E-state index in [4.69, 9.17) is 10.6 Å². The molecule has 2 rings (SSSR count). The van der Waals surface area contributed by atoms with Crippen LogP contribution in [0.25, 0.3) is 0 Å². The Bertz CT molecular complexity index is 405. The maximum absolute atomic E-state index is 12.2. The van der Waals surface area contributed by atoms with Gasteiger partial charge >= 0.3 is 0 Å². The first-order valence-electron chi connectivity index (χ1n) is 5.99. The van der Waals surface area contributed by atoms with E-state index in [-0.39, 0.29) is 5.91 Å². The molecule has 1 aliphatic heterocycles. The van der Waals surface area contributed by atoms with Gasteiger partial charge in [0.25, 0.3) is 5.91 Å². The Morgan fingerprint density at radius 2 is 2.17 bits per heavy atom. The molecule has 0 aliphatic carbocycles. The molecule has 1 unspecified atom stereocenters. The van der Waals surface area contributed by atoms with Crippen LogP contribution in [0.1, 0.15) is 16.8 Å². The molecule has 0 aromatic heterocycles. The fourth-order valence-corrected chi connectivity index (χ4v) is 2.21. The predicted molar refractivity (Wildman–Crippen MR) is 67.1 cm³/mol. The first-order chi connectivity index (χ1) is 8.74. The number of carbonyl (C=O) groups excluding carboxylic acids is 1. The smallest absolute Gasteiger partial charge is 0.253 e. The maximum atomic E-state index is 12.2. The van der Waals surface area contributed by atoms with E-state index in [9.17, 15) is 4.79 Å². The number of nitrogens with zero attached hydrogens (tertiary/aromatic N) is 1. The number of benzene rings is 1. The fraction of sp³-hybridized carbons (Fsp3) is 0.462. The Morgan fingerprint density at radius 1 is 1.44 bits per heavy atom. The van der Waals surface area contributed by atoms with Crippen LogP contribution in [-0.2, 0) is 4.84 Å². The average Bonchev–Trinajstić information content (AvgIpc) is 2.87. The highest BCUT2D eigenvalue weighted by molar-refractivity contribution is 5.94. The van der Waals surface area contributed by atoms with Crippen molar-refractivity contribution in [3.8, 4) is 5.75 Å². The quantitative estimate of drug-likeness (QED) is 0.811. The van der Waals surface area contributed by atoms with Crippen LogP contribution in [0.5, 0.6) is 5.75 Å². The SMILES string of the molecule is COc1ccc(C(=O)N2CCC(CON)C2)cc1. The number of amides is 1. The summed E-state index contributed by atoms with van der Waals surface area (Å²) in [5, 5.41) is 0. The molecule has 2 N–H and O–H groups in total. The van der Waals surface area contributed by atoms with Gasteiger partial charge in [0.15, 0.2) is 0 Å². The molecule has 5 nitrogen and oxygen atoms in total. The third-order valence-corrected chi connectivity index (χ3v) is 3.24. The Balaban J connectivity index is 1.98. The second-order valence-electron chi connectivity index (χ2n) is 4.47. The number of ether oxygens (including phenoxy) is 1. The summed E-state index contributed by atoms with van der Waals surface area (Å²) < 4.78 is 5.07. The largest absolute Gasteiger partial charge is 0.497 e. The van der Waals surface area contributed by atoms with E-state index in [2.05, 4.69) is 4.84 Å². The van der Waals surface area contributed by atoms with Crippen molar-refractivity contribution in [2.24, 2.45) is 11.8 Å². The van der Waals surface area contributed by atoms with Gasteiger partial charge in [-0.3, -0.25) is 4.79 Å². The number of likely N-dealkylation sites (tertiary alicyclic amines) is 1. The normalized spacial score (nSPS) is 19.0. The van der Waals surface area contributed by atoms with Crippen molar-refractivity contribution in [3.63, 3.8) is 0 Å². The van der Waals surface area contributed by atoms with Crippen LogP contribution in [0.3, 0.4) is 0 Å². The molecule has 0 saturated carbocycles. The van der Waals surface area contributed by atoms with Crippen LogP contribution in [0.2, 0.25) is 0 Å². The Hall–Kier alpha value is -1.59. The van der Waals surface area contributed by atoms with Gasteiger partial charge in [-0.15, -0.1) is 0 Å². The molecular formula is C13H18N2O3. The highest BCUT2D eigenvalue weighted by atomic mass is 16.6. The summed E-state index contributed by atoms with van der Waals surface area (Å²) in [5.74, 6) is 6.21. The van der Waals surface area contributed by atoms with E-state index in [0.29, 0.717) is 24.6 Å². The predicted octanol–water partition coefficient (Wildman–Crippen LogP) is 1.05. The molecule has 0 radical (unpaired) electrons. The minimum Gasteiger partial charge on any atom is -0.497 e. The summed E-state index contributed by atoms with van der Waals surface area (Å²) in [6.07, 6.45) is 0.944. The van der Waals surface area contributed by atoms with Gasteiger partial charge in [0.2, 0.25) is 0 Å². The van der Waals surface area contributed by atoms with Crippen LogP contribution in [0.15, 0.2) is 24.3 Å². The van der Waals surface area contributed by atoms with Crippen LogP contribution in [-0.4, -0.2) is 37.6 Å². The number of hydrogen-bond donors (Lipinski definition) is 1. The molecule has 98 valence electrons. The molecule has 1 aromatic rings. The molecule has 1 aliphatic rings. The summed E-state index contributed by atoms with van der Waals surface area (Å²) in [5.41, 5.74) is 0.685. The fourth-order valence-electron chi connectivity index (χ4n) is 2.21. The molecule has 5 heteroatoms. The lowest BCUT2D eigenvalue weighted by Crippen LogP contribution is -2.29. The molecule has 1 aromatic carbocycles. The van der Waals surface area contributed by atoms with Gasteiger partial charge in [0, 0.05) is 24.6 Å². The van der Waals surface area contributed by atoms with Crippen molar-refractivity contribution in [3.05, 3.63) is 29.8 Å². The second-order valence-corrected chi connectivity index (χ2v) is 4.47. The number of nitrogens with two attached hydrogens (primary N) is 1. The van der Waals surface area contributed by atoms with Gasteiger partial charge in [0.05, 0.1) is 13.7 Å². The lowest BCUT2D eigenvalue weighted by molar-refractivity contribution is 0.0754. The van der Waals surface area contributed by atoms with Crippen LogP contribution < -0.4 is 10.6 Å². The van der Waals surface area contributed by atoms with Gasteiger partial charge < -0.3 is 14.5 Å². The lowest BCUT2D eigenvalue weighted by Gasteiger charge is -2.16. The molecule has 1 amide bonds. The van der Waals surface area contributed by atoms with E-state index in [0.717, 1.165) is 18.7 Å². The van der Waals surface area contributed by atoms with Crippen molar-refractivity contribution in [2.75, 3.05) is 26.8 Å². The molecule has 1 atom stereocenters. The molecular weight excluding hydrogens is 232 g/mol. The van der Waals surface area contributed by atoms with Gasteiger partial charge in [-0.2, -0.15) is 0 Å². The minimum absolute atomic E-state index is 0.0529. The summed E-state index contributed by atoms with van der Waals surface area (Å²) in [4.78, 5) is 18.7. The number of carbonyl (C=O) groups is 1. The van der Waals surface area contributed by atoms with E-state index < -0.39 is 0 Å². The van der Waals surface area contributed by atoms with E-state index >= 15 is 0 Å². The Morgan fingerprint density at radius 3 is 2.78 bits per heavy atom. The standard InChI is InChI=1S/C13H18N2O3/c1-17-12-4-2-11(3-5-12)13(16)15-7-6-10(8-15)9-18-14/h2-5,10H,6-9,14H2,1H3. The minimum atomic E-state index is 0.0529. The van der Waals surface area contributed by atoms with Crippen molar-refractivity contribution in [1.29, 1.82) is 0 Å². The second kappa shape index (κ2) is 5.84. The Labute approximate surface area is 106 Å². The lowest BCUT2D eigenvalue weighted by atomic mass is 10.1. The third kappa shape index (κ3) is 2.80. The zero-order valence-corrected chi connectivity index (χ0v) is 10.5. The molecule has 1 heterocycles. The maximum Gasteiger partial charge on any atom is 0.253 e. The van der Waals surface area contributed by atoms with Crippen LogP contribution in [0.4, 0.5) is 0 Å². The zero-order chi connectivity index (χ0) is 13.0. The highest BCUT2D eigenvalue weighted by Gasteiger charge is 2.26. The first-order valence-corrected chi connectivity index (χ1v) is 5.99. The number of methoxy groups -OCH3 is 1. The summed E-state index contributed by atoms with van der Waals surface area (Å²) in [6, 6.07) is 7.16. The van der Waals surface area contributed by atoms with E-state index in [1.807, 2.05) is 4.90 Å². The highest BCUT2D eigenvalue weighted by Crippen LogP contribution is 2.20. The van der Waals surface area contributed by atoms with Gasteiger partial charge in [0.1, 0.15) is 5.75 Å². The van der Waals surface area contributed by atoms with Crippen molar-refractivity contribution < 1.29 is 14.4 Å². The summed E-state index contributed by atoms with van der Waals surface area (Å²) >= 11 is 0. The number of rotatable bonds is 4. The molecule has 0 spiro atoms. The molecule has 0 bridgehead atoms. The molecule has 1 fully saturated rings. The van der Waals surface area contributed by atoms with Crippen LogP contribution in [0, 0.1) is 5.92 Å². The molecule has 1 saturated heterocycles. The van der Waals surface area contributed by atoms with Crippen LogP contribution >= 0.6 is 0 Å². The first kappa shape index (κ1) is 12.9. The Kier molecular flexibility index (Phi) is 4.17. The van der Waals surface area contributed by atoms with Crippen molar-refractivity contribution in [2.45, 2.75) is 6.42 Å². The van der Waals surface area contributed by atoms with Gasteiger partial charge in [-0.1, -0.05) is 0 Å². The molecule has 18 heavy (non-hydrogen) atoms. The summed E-state index contributed by atoms with van der Waals surface area (Å²) in [7, 11) is 1.61. The third-order valence-electron chi connectivity index (χ3n) is 3.24. The van der Waals surface area contributed by atoms with E-state index in [1.54, 1.807) is 31.4 Å². The van der Waals surface area contributed by atoms with Crippen molar-refractivity contribution >= 4 is 5.91 Å². The average molecular weight is 250 g/mol. The van der Waals surface area contributed by atoms with E-state index in [1.165, 1.54) is 0 Å². The van der Waals surface area contributed by atoms with Gasteiger partial charge in [-0.25, -0.2) is 5.90 Å². The van der Waals surface area contributed by atoms with Crippen molar-refractivity contribution in [1.82, 2.24) is 4.90 Å². The van der Waals surface area contributed by atoms with Gasteiger partial charge in [-0.05, 0) is 30.7 Å². The zero-order valence-electron chi connectivity index (χ0n) is 10.5. The monoisotopic (exact) mass is 250 g/mol.